The third kappa shape index (κ3) is 4.64. The summed E-state index contributed by atoms with van der Waals surface area (Å²) in [7, 11) is 0. The van der Waals surface area contributed by atoms with E-state index < -0.39 is 11.7 Å². The van der Waals surface area contributed by atoms with Gasteiger partial charge in [-0.25, -0.2) is 4.39 Å². The molecular formula is C22H21BrFN5O3. The molecule has 8 nitrogen and oxygen atoms in total. The molecule has 2 aromatic carbocycles. The zero-order valence-corrected chi connectivity index (χ0v) is 18.6. The lowest BCUT2D eigenvalue weighted by Gasteiger charge is -2.22. The maximum Gasteiger partial charge on any atom is 0.269 e. The van der Waals surface area contributed by atoms with Gasteiger partial charge in [0.15, 0.2) is 5.69 Å². The van der Waals surface area contributed by atoms with Gasteiger partial charge in [0, 0.05) is 23.5 Å². The summed E-state index contributed by atoms with van der Waals surface area (Å²) >= 11 is 3.12. The van der Waals surface area contributed by atoms with Crippen LogP contribution in [0.15, 0.2) is 46.9 Å². The summed E-state index contributed by atoms with van der Waals surface area (Å²) in [5.41, 5.74) is 6.47. The van der Waals surface area contributed by atoms with Crippen LogP contribution in [-0.4, -0.2) is 45.0 Å². The molecule has 4 rings (SSSR count). The van der Waals surface area contributed by atoms with Crippen LogP contribution in [0.4, 0.5) is 4.39 Å². The lowest BCUT2D eigenvalue weighted by molar-refractivity contribution is -0.137. The number of rotatable bonds is 8. The highest BCUT2D eigenvalue weighted by Crippen LogP contribution is 2.27. The number of hydrogen-bond acceptors (Lipinski definition) is 4. The van der Waals surface area contributed by atoms with Crippen molar-refractivity contribution in [3.63, 3.8) is 0 Å². The minimum Gasteiger partial charge on any atom is -0.364 e. The fraction of sp³-hybridized carbons (Fsp3) is 0.273. The third-order valence-corrected chi connectivity index (χ3v) is 5.92. The van der Waals surface area contributed by atoms with E-state index in [-0.39, 0.29) is 43.2 Å². The number of nitrogens with two attached hydrogens (primary N) is 1. The Morgan fingerprint density at radius 1 is 1.19 bits per heavy atom. The van der Waals surface area contributed by atoms with E-state index in [4.69, 9.17) is 5.73 Å². The molecule has 0 bridgehead atoms. The van der Waals surface area contributed by atoms with Crippen LogP contribution in [-0.2, 0) is 22.7 Å². The molecule has 1 aromatic heterocycles. The highest BCUT2D eigenvalue weighted by atomic mass is 79.9. The first-order chi connectivity index (χ1) is 15.3. The van der Waals surface area contributed by atoms with Gasteiger partial charge in [-0.3, -0.25) is 19.1 Å². The average Bonchev–Trinajstić information content (AvgIpc) is 3.54. The molecule has 0 spiro atoms. The molecule has 0 atom stereocenters. The van der Waals surface area contributed by atoms with Crippen molar-refractivity contribution >= 4 is 44.6 Å². The SMILES string of the molecule is NC(=O)c1nn(CC(=O)N(CC(=O)NCc2cccc(Br)c2F)C2CC2)c2ccccc12. The maximum atomic E-state index is 14.1. The van der Waals surface area contributed by atoms with Crippen LogP contribution in [0.3, 0.4) is 0 Å². The predicted octanol–water partition coefficient (Wildman–Crippen LogP) is 2.34. The molecule has 166 valence electrons. The van der Waals surface area contributed by atoms with Gasteiger partial charge in [0.1, 0.15) is 12.4 Å². The molecule has 0 saturated heterocycles. The van der Waals surface area contributed by atoms with Crippen LogP contribution < -0.4 is 11.1 Å². The molecule has 3 aromatic rings. The normalized spacial score (nSPS) is 13.2. The van der Waals surface area contributed by atoms with E-state index in [0.29, 0.717) is 20.9 Å². The van der Waals surface area contributed by atoms with Crippen LogP contribution in [0, 0.1) is 5.82 Å². The van der Waals surface area contributed by atoms with Gasteiger partial charge in [-0.15, -0.1) is 0 Å². The van der Waals surface area contributed by atoms with Gasteiger partial charge in [0.2, 0.25) is 11.8 Å². The molecule has 0 radical (unpaired) electrons. The monoisotopic (exact) mass is 501 g/mol. The van der Waals surface area contributed by atoms with E-state index in [2.05, 4.69) is 26.3 Å². The van der Waals surface area contributed by atoms with E-state index in [1.807, 2.05) is 0 Å². The Balaban J connectivity index is 1.45. The minimum atomic E-state index is -0.675. The second-order valence-electron chi connectivity index (χ2n) is 7.63. The number of carbonyl (C=O) groups excluding carboxylic acids is 3. The van der Waals surface area contributed by atoms with Gasteiger partial charge >= 0.3 is 0 Å². The van der Waals surface area contributed by atoms with Crippen molar-refractivity contribution in [2.45, 2.75) is 32.0 Å². The molecule has 1 saturated carbocycles. The zero-order chi connectivity index (χ0) is 22.8. The second-order valence-corrected chi connectivity index (χ2v) is 8.48. The molecule has 10 heteroatoms. The van der Waals surface area contributed by atoms with E-state index in [1.54, 1.807) is 42.5 Å². The van der Waals surface area contributed by atoms with Gasteiger partial charge in [-0.2, -0.15) is 5.10 Å². The number of carbonyl (C=O) groups is 3. The number of amides is 3. The smallest absolute Gasteiger partial charge is 0.269 e. The Labute approximate surface area is 191 Å². The molecule has 1 fully saturated rings. The van der Waals surface area contributed by atoms with Crippen LogP contribution in [0.2, 0.25) is 0 Å². The maximum absolute atomic E-state index is 14.1. The quantitative estimate of drug-likeness (QED) is 0.493. The third-order valence-electron chi connectivity index (χ3n) is 5.31. The van der Waals surface area contributed by atoms with Crippen molar-refractivity contribution in [1.29, 1.82) is 0 Å². The Kier molecular flexibility index (Phi) is 6.22. The van der Waals surface area contributed by atoms with Crippen molar-refractivity contribution < 1.29 is 18.8 Å². The minimum absolute atomic E-state index is 0.0164. The second kappa shape index (κ2) is 9.07. The van der Waals surface area contributed by atoms with Crippen LogP contribution in [0.25, 0.3) is 10.9 Å². The molecule has 1 aliphatic carbocycles. The summed E-state index contributed by atoms with van der Waals surface area (Å²) in [6.45, 7) is -0.249. The summed E-state index contributed by atoms with van der Waals surface area (Å²) in [6, 6.07) is 11.8. The zero-order valence-electron chi connectivity index (χ0n) is 17.1. The lowest BCUT2D eigenvalue weighted by atomic mass is 10.2. The van der Waals surface area contributed by atoms with Gasteiger partial charge in [0.05, 0.1) is 16.5 Å². The van der Waals surface area contributed by atoms with E-state index in [9.17, 15) is 18.8 Å². The van der Waals surface area contributed by atoms with Gasteiger partial charge in [0.25, 0.3) is 5.91 Å². The molecule has 3 amide bonds. The number of para-hydroxylation sites is 1. The van der Waals surface area contributed by atoms with Crippen LogP contribution in [0.5, 0.6) is 0 Å². The summed E-state index contributed by atoms with van der Waals surface area (Å²) < 4.78 is 15.9. The van der Waals surface area contributed by atoms with Crippen molar-refractivity contribution in [3.8, 4) is 0 Å². The average molecular weight is 502 g/mol. The summed E-state index contributed by atoms with van der Waals surface area (Å²) in [4.78, 5) is 38.7. The van der Waals surface area contributed by atoms with E-state index in [1.165, 1.54) is 9.58 Å². The molecular weight excluding hydrogens is 481 g/mol. The number of fused-ring (bicyclic) bond motifs is 1. The predicted molar refractivity (Wildman–Crippen MR) is 119 cm³/mol. The van der Waals surface area contributed by atoms with E-state index >= 15 is 0 Å². The number of nitrogens with zero attached hydrogens (tertiary/aromatic N) is 3. The Morgan fingerprint density at radius 3 is 2.66 bits per heavy atom. The van der Waals surface area contributed by atoms with Crippen molar-refractivity contribution in [1.82, 2.24) is 20.0 Å². The Morgan fingerprint density at radius 2 is 1.94 bits per heavy atom. The Bertz CT molecular complexity index is 1210. The number of aromatic nitrogens is 2. The molecule has 1 heterocycles. The van der Waals surface area contributed by atoms with Crippen molar-refractivity contribution in [3.05, 3.63) is 64.0 Å². The summed E-state index contributed by atoms with van der Waals surface area (Å²) in [6.07, 6.45) is 1.62. The fourth-order valence-corrected chi connectivity index (χ4v) is 3.95. The Hall–Kier alpha value is -3.27. The molecule has 3 N–H and O–H groups in total. The van der Waals surface area contributed by atoms with Gasteiger partial charge in [-0.1, -0.05) is 30.3 Å². The van der Waals surface area contributed by atoms with Gasteiger partial charge in [-0.05, 0) is 40.9 Å². The molecule has 0 aliphatic heterocycles. The molecule has 1 aliphatic rings. The highest BCUT2D eigenvalue weighted by molar-refractivity contribution is 9.10. The lowest BCUT2D eigenvalue weighted by Crippen LogP contribution is -2.43. The number of primary amides is 1. The number of benzene rings is 2. The fourth-order valence-electron chi connectivity index (χ4n) is 3.55. The topological polar surface area (TPSA) is 110 Å². The standard InChI is InChI=1S/C22H21BrFN5O3/c23-16-6-3-4-13(20(16)24)10-26-18(30)11-28(14-8-9-14)19(31)12-29-17-7-2-1-5-15(17)21(27-29)22(25)32/h1-7,14H,8-12H2,(H2,25,32)(H,26,30). The van der Waals surface area contributed by atoms with Crippen molar-refractivity contribution in [2.75, 3.05) is 6.54 Å². The van der Waals surface area contributed by atoms with Gasteiger partial charge < -0.3 is 16.0 Å². The molecule has 0 unspecified atom stereocenters. The van der Waals surface area contributed by atoms with Crippen molar-refractivity contribution in [2.24, 2.45) is 5.73 Å². The number of halogens is 2. The first-order valence-corrected chi connectivity index (χ1v) is 10.9. The van der Waals surface area contributed by atoms with E-state index in [0.717, 1.165) is 12.8 Å². The van der Waals surface area contributed by atoms with Crippen LogP contribution >= 0.6 is 15.9 Å². The molecule has 32 heavy (non-hydrogen) atoms. The van der Waals surface area contributed by atoms with Crippen LogP contribution in [0.1, 0.15) is 28.9 Å². The largest absolute Gasteiger partial charge is 0.364 e. The highest BCUT2D eigenvalue weighted by Gasteiger charge is 2.34. The first kappa shape index (κ1) is 21.9. The number of nitrogens with one attached hydrogen (secondary N) is 1. The number of hydrogen-bond donors (Lipinski definition) is 2. The first-order valence-electron chi connectivity index (χ1n) is 10.1. The summed E-state index contributed by atoms with van der Waals surface area (Å²) in [5, 5.41) is 7.45. The summed E-state index contributed by atoms with van der Waals surface area (Å²) in [5.74, 6) is -1.78.